The number of halogens is 1. The fourth-order valence-corrected chi connectivity index (χ4v) is 3.85. The summed E-state index contributed by atoms with van der Waals surface area (Å²) in [6.45, 7) is 8.13. The molecule has 152 valence electrons. The molecule has 0 unspecified atom stereocenters. The minimum Gasteiger partial charge on any atom is -0.444 e. The molecule has 0 bridgehead atoms. The molecule has 0 spiro atoms. The van der Waals surface area contributed by atoms with E-state index < -0.39 is 5.60 Å². The maximum atomic E-state index is 11.6. The fraction of sp³-hybridized carbons (Fsp3) is 0.667. The van der Waals surface area contributed by atoms with Crippen molar-refractivity contribution in [3.8, 4) is 0 Å². The Labute approximate surface area is 177 Å². The summed E-state index contributed by atoms with van der Waals surface area (Å²) in [5.74, 6) is 0.757. The second-order valence-corrected chi connectivity index (χ2v) is 9.70. The number of nitrogens with zero attached hydrogens (tertiary/aromatic N) is 1. The van der Waals surface area contributed by atoms with Crippen molar-refractivity contribution in [3.63, 3.8) is 0 Å². The van der Waals surface area contributed by atoms with Gasteiger partial charge in [0.15, 0.2) is 0 Å². The summed E-state index contributed by atoms with van der Waals surface area (Å²) in [4.78, 5) is 14.0. The first kappa shape index (κ1) is 22.3. The van der Waals surface area contributed by atoms with Gasteiger partial charge in [0.2, 0.25) is 0 Å². The van der Waals surface area contributed by atoms with E-state index in [0.717, 1.165) is 19.0 Å². The lowest BCUT2D eigenvalue weighted by Gasteiger charge is -2.32. The van der Waals surface area contributed by atoms with Gasteiger partial charge in [-0.25, -0.2) is 4.79 Å². The molecule has 1 aromatic carbocycles. The van der Waals surface area contributed by atoms with E-state index in [1.54, 1.807) is 0 Å². The zero-order chi connectivity index (χ0) is 19.9. The Hall–Kier alpha value is -1.02. The highest BCUT2D eigenvalue weighted by molar-refractivity contribution is 14.1. The normalized spacial score (nSPS) is 20.2. The first-order valence-corrected chi connectivity index (χ1v) is 11.0. The Balaban J connectivity index is 1.60. The van der Waals surface area contributed by atoms with Crippen molar-refractivity contribution in [1.29, 1.82) is 0 Å². The monoisotopic (exact) mass is 487 g/mol. The Bertz CT molecular complexity index is 578. The van der Waals surface area contributed by atoms with Crippen molar-refractivity contribution in [2.45, 2.75) is 58.1 Å². The van der Waals surface area contributed by atoms with E-state index in [0.29, 0.717) is 12.6 Å². The van der Waals surface area contributed by atoms with Gasteiger partial charge in [0.25, 0.3) is 0 Å². The molecule has 6 heteroatoms. The number of carbonyl (C=O) groups is 1. The van der Waals surface area contributed by atoms with Crippen molar-refractivity contribution < 1.29 is 9.53 Å². The molecule has 0 aliphatic heterocycles. The van der Waals surface area contributed by atoms with E-state index in [2.05, 4.69) is 69.4 Å². The summed E-state index contributed by atoms with van der Waals surface area (Å²) in [5.41, 5.74) is 0.852. The zero-order valence-corrected chi connectivity index (χ0v) is 19.2. The number of amides is 1. The first-order valence-electron chi connectivity index (χ1n) is 9.90. The molecule has 2 N–H and O–H groups in total. The summed E-state index contributed by atoms with van der Waals surface area (Å²) >= 11 is 2.34. The van der Waals surface area contributed by atoms with Gasteiger partial charge in [-0.3, -0.25) is 0 Å². The molecule has 1 aliphatic rings. The summed E-state index contributed by atoms with van der Waals surface area (Å²) in [5, 5.41) is 6.37. The van der Waals surface area contributed by atoms with Gasteiger partial charge in [0.05, 0.1) is 0 Å². The summed E-state index contributed by atoms with van der Waals surface area (Å²) in [6, 6.07) is 9.29. The summed E-state index contributed by atoms with van der Waals surface area (Å²) in [7, 11) is 2.19. The van der Waals surface area contributed by atoms with Gasteiger partial charge < -0.3 is 20.3 Å². The third-order valence-electron chi connectivity index (χ3n) is 4.87. The van der Waals surface area contributed by atoms with Crippen molar-refractivity contribution in [2.24, 2.45) is 5.92 Å². The Morgan fingerprint density at radius 3 is 2.37 bits per heavy atom. The van der Waals surface area contributed by atoms with Gasteiger partial charge in [-0.1, -0.05) is 0 Å². The molecular formula is C21H34IN3O2. The number of alkyl carbamates (subject to hydrolysis) is 1. The van der Waals surface area contributed by atoms with Crippen LogP contribution in [0, 0.1) is 9.49 Å². The lowest BCUT2D eigenvalue weighted by Crippen LogP contribution is -2.41. The Kier molecular flexibility index (Phi) is 8.66. The van der Waals surface area contributed by atoms with E-state index in [-0.39, 0.29) is 6.09 Å². The number of ether oxygens (including phenoxy) is 1. The molecule has 1 aliphatic carbocycles. The van der Waals surface area contributed by atoms with Crippen LogP contribution in [0.3, 0.4) is 0 Å². The zero-order valence-electron chi connectivity index (χ0n) is 17.1. The number of anilines is 1. The van der Waals surface area contributed by atoms with Crippen molar-refractivity contribution >= 4 is 34.4 Å². The predicted molar refractivity (Wildman–Crippen MR) is 120 cm³/mol. The van der Waals surface area contributed by atoms with Crippen LogP contribution in [0.5, 0.6) is 0 Å². The lowest BCUT2D eigenvalue weighted by molar-refractivity contribution is 0.0527. The highest BCUT2D eigenvalue weighted by Gasteiger charge is 2.22. The van der Waals surface area contributed by atoms with Gasteiger partial charge in [-0.15, -0.1) is 0 Å². The van der Waals surface area contributed by atoms with E-state index in [4.69, 9.17) is 4.74 Å². The van der Waals surface area contributed by atoms with Gasteiger partial charge in [0.1, 0.15) is 5.60 Å². The average molecular weight is 487 g/mol. The highest BCUT2D eigenvalue weighted by atomic mass is 127. The molecule has 0 radical (unpaired) electrons. The SMILES string of the molecule is CN(CC1CCC(NCCNC(=O)OC(C)(C)C)CC1)c1ccc(I)cc1. The van der Waals surface area contributed by atoms with Crippen LogP contribution in [0.1, 0.15) is 46.5 Å². The van der Waals surface area contributed by atoms with Crippen LogP contribution in [0.25, 0.3) is 0 Å². The van der Waals surface area contributed by atoms with E-state index in [1.165, 1.54) is 34.9 Å². The number of benzene rings is 1. The molecular weight excluding hydrogens is 453 g/mol. The molecule has 27 heavy (non-hydrogen) atoms. The molecule has 0 aromatic heterocycles. The quantitative estimate of drug-likeness (QED) is 0.442. The number of carbonyl (C=O) groups excluding carboxylic acids is 1. The molecule has 2 rings (SSSR count). The Morgan fingerprint density at radius 1 is 1.15 bits per heavy atom. The van der Waals surface area contributed by atoms with Crippen LogP contribution in [-0.4, -0.2) is 44.4 Å². The fourth-order valence-electron chi connectivity index (χ4n) is 3.49. The van der Waals surface area contributed by atoms with Crippen LogP contribution in [0.4, 0.5) is 10.5 Å². The topological polar surface area (TPSA) is 53.6 Å². The third kappa shape index (κ3) is 8.68. The van der Waals surface area contributed by atoms with Crippen LogP contribution < -0.4 is 15.5 Å². The molecule has 0 saturated heterocycles. The van der Waals surface area contributed by atoms with E-state index in [1.807, 2.05) is 20.8 Å². The second-order valence-electron chi connectivity index (χ2n) is 8.46. The van der Waals surface area contributed by atoms with Crippen molar-refractivity contribution in [3.05, 3.63) is 27.8 Å². The lowest BCUT2D eigenvalue weighted by atomic mass is 9.85. The molecule has 1 aromatic rings. The molecule has 1 amide bonds. The van der Waals surface area contributed by atoms with Crippen molar-refractivity contribution in [2.75, 3.05) is 31.6 Å². The highest BCUT2D eigenvalue weighted by Crippen LogP contribution is 2.26. The van der Waals surface area contributed by atoms with E-state index >= 15 is 0 Å². The number of hydrogen-bond acceptors (Lipinski definition) is 4. The van der Waals surface area contributed by atoms with E-state index in [9.17, 15) is 4.79 Å². The van der Waals surface area contributed by atoms with Gasteiger partial charge in [-0.05, 0) is 99.2 Å². The predicted octanol–water partition coefficient (Wildman–Crippen LogP) is 4.40. The maximum absolute atomic E-state index is 11.6. The van der Waals surface area contributed by atoms with Gasteiger partial charge in [0, 0.05) is 42.0 Å². The smallest absolute Gasteiger partial charge is 0.407 e. The first-order chi connectivity index (χ1) is 12.7. The largest absolute Gasteiger partial charge is 0.444 e. The maximum Gasteiger partial charge on any atom is 0.407 e. The van der Waals surface area contributed by atoms with Crippen LogP contribution in [-0.2, 0) is 4.74 Å². The molecule has 0 atom stereocenters. The van der Waals surface area contributed by atoms with Gasteiger partial charge >= 0.3 is 6.09 Å². The minimum atomic E-state index is -0.443. The summed E-state index contributed by atoms with van der Waals surface area (Å²) < 4.78 is 6.52. The molecule has 1 saturated carbocycles. The third-order valence-corrected chi connectivity index (χ3v) is 5.59. The second kappa shape index (κ2) is 10.5. The van der Waals surface area contributed by atoms with Crippen LogP contribution >= 0.6 is 22.6 Å². The molecule has 1 fully saturated rings. The van der Waals surface area contributed by atoms with Crippen molar-refractivity contribution in [1.82, 2.24) is 10.6 Å². The Morgan fingerprint density at radius 2 is 1.78 bits per heavy atom. The number of hydrogen-bond donors (Lipinski definition) is 2. The number of nitrogens with one attached hydrogen (secondary N) is 2. The minimum absolute atomic E-state index is 0.341. The number of rotatable bonds is 7. The van der Waals surface area contributed by atoms with Gasteiger partial charge in [-0.2, -0.15) is 0 Å². The average Bonchev–Trinajstić information content (AvgIpc) is 2.59. The summed E-state index contributed by atoms with van der Waals surface area (Å²) in [6.07, 6.45) is 4.58. The molecule has 0 heterocycles. The standard InChI is InChI=1S/C21H34IN3O2/c1-21(2,3)27-20(26)24-14-13-23-18-9-5-16(6-10-18)15-25(4)19-11-7-17(22)8-12-19/h7-8,11-12,16,18,23H,5-6,9-10,13-15H2,1-4H3,(H,24,26). The molecule has 5 nitrogen and oxygen atoms in total. The van der Waals surface area contributed by atoms with Crippen LogP contribution in [0.2, 0.25) is 0 Å². The van der Waals surface area contributed by atoms with Crippen LogP contribution in [0.15, 0.2) is 24.3 Å².